The summed E-state index contributed by atoms with van der Waals surface area (Å²) >= 11 is 1.30. The number of piperidine rings is 1. The Morgan fingerprint density at radius 2 is 2.33 bits per heavy atom. The number of hydrogen-bond donors (Lipinski definition) is 2. The normalized spacial score (nSPS) is 19.8. The number of rotatable bonds is 5. The zero-order chi connectivity index (χ0) is 15.2. The molecule has 0 aliphatic carbocycles. The molecule has 0 aromatic carbocycles. The molecule has 5 nitrogen and oxygen atoms in total. The van der Waals surface area contributed by atoms with Gasteiger partial charge in [0.1, 0.15) is 0 Å². The van der Waals surface area contributed by atoms with Gasteiger partial charge in [-0.3, -0.25) is 4.79 Å². The maximum absolute atomic E-state index is 12.1. The van der Waals surface area contributed by atoms with Gasteiger partial charge in [0.2, 0.25) is 0 Å². The Labute approximate surface area is 128 Å². The van der Waals surface area contributed by atoms with Crippen molar-refractivity contribution in [2.24, 2.45) is 5.92 Å². The van der Waals surface area contributed by atoms with Gasteiger partial charge in [-0.1, -0.05) is 0 Å². The van der Waals surface area contributed by atoms with Gasteiger partial charge in [0.25, 0.3) is 5.91 Å². The number of likely N-dealkylation sites (tertiary alicyclic amines) is 1. The first-order valence-corrected chi connectivity index (χ1v) is 7.84. The van der Waals surface area contributed by atoms with Gasteiger partial charge in [-0.05, 0) is 50.6 Å². The Morgan fingerprint density at radius 1 is 1.52 bits per heavy atom. The van der Waals surface area contributed by atoms with E-state index in [1.54, 1.807) is 12.1 Å². The third kappa shape index (κ3) is 4.99. The van der Waals surface area contributed by atoms with Crippen molar-refractivity contribution in [3.8, 4) is 0 Å². The summed E-state index contributed by atoms with van der Waals surface area (Å²) < 4.78 is 0. The van der Waals surface area contributed by atoms with Gasteiger partial charge in [0, 0.05) is 24.0 Å². The number of amides is 1. The van der Waals surface area contributed by atoms with Crippen LogP contribution in [-0.4, -0.2) is 48.6 Å². The van der Waals surface area contributed by atoms with Crippen molar-refractivity contribution in [2.75, 3.05) is 26.7 Å². The predicted molar refractivity (Wildman–Crippen MR) is 83.5 cm³/mol. The van der Waals surface area contributed by atoms with E-state index in [1.165, 1.54) is 23.8 Å². The smallest absolute Gasteiger partial charge is 0.328 e. The molecule has 1 unspecified atom stereocenters. The van der Waals surface area contributed by atoms with Crippen LogP contribution in [0.15, 0.2) is 18.2 Å². The van der Waals surface area contributed by atoms with E-state index in [0.29, 0.717) is 17.3 Å². The zero-order valence-corrected chi connectivity index (χ0v) is 12.9. The number of carbonyl (C=O) groups excluding carboxylic acids is 1. The van der Waals surface area contributed by atoms with Gasteiger partial charge < -0.3 is 15.3 Å². The number of nitrogens with one attached hydrogen (secondary N) is 1. The van der Waals surface area contributed by atoms with Gasteiger partial charge >= 0.3 is 5.97 Å². The number of carbonyl (C=O) groups is 2. The number of nitrogens with zero attached hydrogens (tertiary/aromatic N) is 1. The van der Waals surface area contributed by atoms with E-state index in [4.69, 9.17) is 5.11 Å². The molecule has 1 aromatic heterocycles. The quantitative estimate of drug-likeness (QED) is 0.815. The molecule has 2 heterocycles. The summed E-state index contributed by atoms with van der Waals surface area (Å²) in [4.78, 5) is 26.2. The minimum absolute atomic E-state index is 0.0804. The third-order valence-corrected chi connectivity index (χ3v) is 4.56. The van der Waals surface area contributed by atoms with Crippen molar-refractivity contribution in [3.05, 3.63) is 28.0 Å². The molecule has 1 aliphatic heterocycles. The van der Waals surface area contributed by atoms with Gasteiger partial charge in [-0.25, -0.2) is 4.79 Å². The maximum Gasteiger partial charge on any atom is 0.328 e. The van der Waals surface area contributed by atoms with Gasteiger partial charge in [0.05, 0.1) is 4.88 Å². The molecule has 6 heteroatoms. The van der Waals surface area contributed by atoms with Crippen LogP contribution in [0.1, 0.15) is 27.4 Å². The van der Waals surface area contributed by atoms with Crippen molar-refractivity contribution in [1.82, 2.24) is 10.2 Å². The van der Waals surface area contributed by atoms with Crippen LogP contribution in [0.25, 0.3) is 6.08 Å². The Bertz CT molecular complexity index is 539. The molecule has 0 saturated carbocycles. The first-order valence-electron chi connectivity index (χ1n) is 7.02. The molecule has 0 bridgehead atoms. The van der Waals surface area contributed by atoms with E-state index in [1.807, 2.05) is 0 Å². The van der Waals surface area contributed by atoms with Crippen molar-refractivity contribution >= 4 is 29.3 Å². The van der Waals surface area contributed by atoms with E-state index >= 15 is 0 Å². The largest absolute Gasteiger partial charge is 0.478 e. The van der Waals surface area contributed by atoms with Crippen LogP contribution in [0.5, 0.6) is 0 Å². The van der Waals surface area contributed by atoms with Crippen molar-refractivity contribution in [1.29, 1.82) is 0 Å². The molecule has 114 valence electrons. The molecular formula is C15H20N2O3S. The minimum atomic E-state index is -0.990. The van der Waals surface area contributed by atoms with E-state index in [9.17, 15) is 9.59 Å². The van der Waals surface area contributed by atoms with Crippen LogP contribution < -0.4 is 5.32 Å². The lowest BCUT2D eigenvalue weighted by Gasteiger charge is -2.29. The number of aliphatic carboxylic acids is 1. The summed E-state index contributed by atoms with van der Waals surface area (Å²) in [5, 5.41) is 11.5. The standard InChI is InChI=1S/C15H20N2O3S/c1-17-8-2-3-11(10-17)9-16-15(20)13-6-4-12(21-13)5-7-14(18)19/h4-7,11H,2-3,8-10H2,1H3,(H,16,20)(H,18,19). The zero-order valence-electron chi connectivity index (χ0n) is 12.0. The Balaban J connectivity index is 1.84. The Hall–Kier alpha value is -1.66. The summed E-state index contributed by atoms with van der Waals surface area (Å²) in [5.41, 5.74) is 0. The lowest BCUT2D eigenvalue weighted by molar-refractivity contribution is -0.131. The number of thiophene rings is 1. The maximum atomic E-state index is 12.1. The lowest BCUT2D eigenvalue weighted by Crippen LogP contribution is -2.38. The number of carboxylic acid groups (broad SMARTS) is 1. The van der Waals surface area contributed by atoms with Crippen LogP contribution in [0.2, 0.25) is 0 Å². The molecular weight excluding hydrogens is 288 g/mol. The highest BCUT2D eigenvalue weighted by Crippen LogP contribution is 2.18. The Morgan fingerprint density at radius 3 is 3.05 bits per heavy atom. The van der Waals surface area contributed by atoms with E-state index in [2.05, 4.69) is 17.3 Å². The highest BCUT2D eigenvalue weighted by atomic mass is 32.1. The highest BCUT2D eigenvalue weighted by molar-refractivity contribution is 7.14. The van der Waals surface area contributed by atoms with Crippen molar-refractivity contribution in [3.63, 3.8) is 0 Å². The molecule has 1 aliphatic rings. The molecule has 1 saturated heterocycles. The minimum Gasteiger partial charge on any atom is -0.478 e. The molecule has 2 N–H and O–H groups in total. The van der Waals surface area contributed by atoms with E-state index in [0.717, 1.165) is 30.5 Å². The summed E-state index contributed by atoms with van der Waals surface area (Å²) in [6, 6.07) is 3.49. The summed E-state index contributed by atoms with van der Waals surface area (Å²) in [6.07, 6.45) is 4.91. The monoisotopic (exact) mass is 308 g/mol. The second kappa shape index (κ2) is 7.38. The molecule has 21 heavy (non-hydrogen) atoms. The molecule has 1 amide bonds. The van der Waals surface area contributed by atoms with E-state index < -0.39 is 5.97 Å². The van der Waals surface area contributed by atoms with Gasteiger partial charge in [0.15, 0.2) is 0 Å². The lowest BCUT2D eigenvalue weighted by atomic mass is 9.98. The Kier molecular flexibility index (Phi) is 5.52. The van der Waals surface area contributed by atoms with Crippen LogP contribution in [0.3, 0.4) is 0 Å². The fraction of sp³-hybridized carbons (Fsp3) is 0.467. The first-order chi connectivity index (χ1) is 10.0. The molecule has 1 aromatic rings. The molecule has 1 atom stereocenters. The molecule has 0 spiro atoms. The highest BCUT2D eigenvalue weighted by Gasteiger charge is 2.18. The third-order valence-electron chi connectivity index (χ3n) is 3.51. The second-order valence-corrected chi connectivity index (χ2v) is 6.47. The van der Waals surface area contributed by atoms with Gasteiger partial charge in [-0.2, -0.15) is 0 Å². The second-order valence-electron chi connectivity index (χ2n) is 5.35. The number of hydrogen-bond acceptors (Lipinski definition) is 4. The van der Waals surface area contributed by atoms with Crippen LogP contribution >= 0.6 is 11.3 Å². The van der Waals surface area contributed by atoms with Crippen LogP contribution in [0.4, 0.5) is 0 Å². The molecule has 1 fully saturated rings. The average molecular weight is 308 g/mol. The topological polar surface area (TPSA) is 69.6 Å². The van der Waals surface area contributed by atoms with Crippen LogP contribution in [0, 0.1) is 5.92 Å². The van der Waals surface area contributed by atoms with Gasteiger partial charge in [-0.15, -0.1) is 11.3 Å². The summed E-state index contributed by atoms with van der Waals surface area (Å²) in [6.45, 7) is 2.85. The average Bonchev–Trinajstić information content (AvgIpc) is 2.91. The van der Waals surface area contributed by atoms with Crippen molar-refractivity contribution < 1.29 is 14.7 Å². The van der Waals surface area contributed by atoms with Crippen LogP contribution in [-0.2, 0) is 4.79 Å². The fourth-order valence-electron chi connectivity index (χ4n) is 2.48. The predicted octanol–water partition coefficient (Wildman–Crippen LogP) is 1.92. The number of carboxylic acids is 1. The first kappa shape index (κ1) is 15.7. The fourth-order valence-corrected chi connectivity index (χ4v) is 3.31. The molecule has 0 radical (unpaired) electrons. The summed E-state index contributed by atoms with van der Waals surface area (Å²) in [7, 11) is 2.11. The SMILES string of the molecule is CN1CCCC(CNC(=O)c2ccc(C=CC(=O)O)s2)C1. The molecule has 2 rings (SSSR count). The summed E-state index contributed by atoms with van der Waals surface area (Å²) in [5.74, 6) is -0.557. The van der Waals surface area contributed by atoms with Crippen molar-refractivity contribution in [2.45, 2.75) is 12.8 Å². The van der Waals surface area contributed by atoms with E-state index in [-0.39, 0.29) is 5.91 Å².